The zero-order chi connectivity index (χ0) is 11.0. The fourth-order valence-corrected chi connectivity index (χ4v) is 2.36. The van der Waals surface area contributed by atoms with E-state index in [4.69, 9.17) is 5.73 Å². The number of benzene rings is 1. The van der Waals surface area contributed by atoms with Crippen LogP contribution >= 0.6 is 11.3 Å². The Morgan fingerprint density at radius 3 is 2.75 bits per heavy atom. The van der Waals surface area contributed by atoms with Crippen molar-refractivity contribution in [2.24, 2.45) is 0 Å². The van der Waals surface area contributed by atoms with Gasteiger partial charge in [0.25, 0.3) is 0 Å². The summed E-state index contributed by atoms with van der Waals surface area (Å²) in [5.74, 6) is 0. The van der Waals surface area contributed by atoms with Gasteiger partial charge in [-0.2, -0.15) is 0 Å². The minimum Gasteiger partial charge on any atom is -0.396 e. The Kier molecular flexibility index (Phi) is 2.08. The minimum absolute atomic E-state index is 0.701. The monoisotopic (exact) mass is 227 g/mol. The van der Waals surface area contributed by atoms with E-state index < -0.39 is 0 Å². The van der Waals surface area contributed by atoms with E-state index >= 15 is 0 Å². The smallest absolute Gasteiger partial charge is 0.144 e. The van der Waals surface area contributed by atoms with Crippen molar-refractivity contribution in [2.45, 2.75) is 0 Å². The molecule has 0 atom stereocenters. The van der Waals surface area contributed by atoms with Gasteiger partial charge < -0.3 is 5.73 Å². The summed E-state index contributed by atoms with van der Waals surface area (Å²) in [4.78, 5) is 9.77. The molecule has 0 unspecified atom stereocenters. The average molecular weight is 227 g/mol. The molecule has 0 spiro atoms. The molecule has 0 saturated heterocycles. The second-order valence-corrected chi connectivity index (χ2v) is 4.32. The van der Waals surface area contributed by atoms with Crippen molar-refractivity contribution in [3.63, 3.8) is 0 Å². The lowest BCUT2D eigenvalue weighted by Gasteiger charge is -1.99. The molecule has 78 valence electrons. The van der Waals surface area contributed by atoms with Gasteiger partial charge in [0.2, 0.25) is 0 Å². The maximum atomic E-state index is 5.77. The average Bonchev–Trinajstić information content (AvgIpc) is 2.72. The Morgan fingerprint density at radius 2 is 1.94 bits per heavy atom. The lowest BCUT2D eigenvalue weighted by molar-refractivity contribution is 1.31. The Labute approximate surface area is 96.6 Å². The third-order valence-electron chi connectivity index (χ3n) is 2.38. The zero-order valence-electron chi connectivity index (χ0n) is 8.42. The molecule has 0 fully saturated rings. The van der Waals surface area contributed by atoms with Gasteiger partial charge in [0.1, 0.15) is 10.3 Å². The van der Waals surface area contributed by atoms with Crippen LogP contribution in [0.1, 0.15) is 0 Å². The number of nitrogen functional groups attached to an aromatic ring is 1. The number of anilines is 1. The van der Waals surface area contributed by atoms with Crippen molar-refractivity contribution in [3.8, 4) is 11.3 Å². The van der Waals surface area contributed by atoms with Gasteiger partial charge in [-0.1, -0.05) is 30.3 Å². The molecular weight excluding hydrogens is 218 g/mol. The van der Waals surface area contributed by atoms with Crippen LogP contribution in [0.25, 0.3) is 21.6 Å². The van der Waals surface area contributed by atoms with Crippen molar-refractivity contribution in [1.82, 2.24) is 9.97 Å². The molecule has 16 heavy (non-hydrogen) atoms. The molecule has 4 heteroatoms. The number of nitrogens with zero attached hydrogens (tertiary/aromatic N) is 2. The Balaban J connectivity index is 2.19. The maximum absolute atomic E-state index is 5.77. The normalized spacial score (nSPS) is 10.8. The third-order valence-corrected chi connectivity index (χ3v) is 3.26. The van der Waals surface area contributed by atoms with E-state index in [1.807, 2.05) is 35.7 Å². The van der Waals surface area contributed by atoms with E-state index in [0.717, 1.165) is 21.6 Å². The topological polar surface area (TPSA) is 51.8 Å². The first-order valence-electron chi connectivity index (χ1n) is 4.90. The summed E-state index contributed by atoms with van der Waals surface area (Å²) >= 11 is 1.52. The zero-order valence-corrected chi connectivity index (χ0v) is 9.24. The summed E-state index contributed by atoms with van der Waals surface area (Å²) in [6.45, 7) is 0. The summed E-state index contributed by atoms with van der Waals surface area (Å²) in [5.41, 5.74) is 9.23. The van der Waals surface area contributed by atoms with Crippen LogP contribution < -0.4 is 5.73 Å². The van der Waals surface area contributed by atoms with Crippen LogP contribution in [0.4, 0.5) is 5.69 Å². The molecule has 0 amide bonds. The summed E-state index contributed by atoms with van der Waals surface area (Å²) in [6.07, 6.45) is 1.76. The van der Waals surface area contributed by atoms with Gasteiger partial charge in [-0.15, -0.1) is 11.3 Å². The van der Waals surface area contributed by atoms with Gasteiger partial charge in [0.15, 0.2) is 0 Å². The SMILES string of the molecule is Nc1csc2nc(-c3ccccc3)cnc12. The Bertz CT molecular complexity index is 631. The van der Waals surface area contributed by atoms with Crippen LogP contribution in [0, 0.1) is 0 Å². The highest BCUT2D eigenvalue weighted by Crippen LogP contribution is 2.26. The summed E-state index contributed by atoms with van der Waals surface area (Å²) in [6, 6.07) is 10.0. The molecule has 0 aliphatic carbocycles. The van der Waals surface area contributed by atoms with Crippen molar-refractivity contribution >= 4 is 27.4 Å². The van der Waals surface area contributed by atoms with Crippen LogP contribution in [0.5, 0.6) is 0 Å². The first kappa shape index (κ1) is 9.30. The van der Waals surface area contributed by atoms with Gasteiger partial charge in [-0.3, -0.25) is 0 Å². The number of aromatic nitrogens is 2. The molecule has 3 aromatic rings. The number of hydrogen-bond acceptors (Lipinski definition) is 4. The molecule has 2 N–H and O–H groups in total. The van der Waals surface area contributed by atoms with Gasteiger partial charge in [0, 0.05) is 10.9 Å². The van der Waals surface area contributed by atoms with Crippen molar-refractivity contribution in [1.29, 1.82) is 0 Å². The minimum atomic E-state index is 0.701. The largest absolute Gasteiger partial charge is 0.396 e. The quantitative estimate of drug-likeness (QED) is 0.695. The van der Waals surface area contributed by atoms with E-state index in [2.05, 4.69) is 9.97 Å². The summed E-state index contributed by atoms with van der Waals surface area (Å²) in [7, 11) is 0. The molecule has 0 radical (unpaired) electrons. The number of fused-ring (bicyclic) bond motifs is 1. The highest BCUT2D eigenvalue weighted by atomic mass is 32.1. The molecule has 1 aromatic carbocycles. The van der Waals surface area contributed by atoms with E-state index in [9.17, 15) is 0 Å². The molecule has 2 heterocycles. The number of thiophene rings is 1. The highest BCUT2D eigenvalue weighted by Gasteiger charge is 2.05. The van der Waals surface area contributed by atoms with E-state index in [-0.39, 0.29) is 0 Å². The Hall–Kier alpha value is -1.94. The Morgan fingerprint density at radius 1 is 1.12 bits per heavy atom. The molecule has 0 saturated carbocycles. The van der Waals surface area contributed by atoms with Crippen molar-refractivity contribution in [2.75, 3.05) is 5.73 Å². The van der Waals surface area contributed by atoms with Gasteiger partial charge in [-0.25, -0.2) is 9.97 Å². The lowest BCUT2D eigenvalue weighted by atomic mass is 10.2. The lowest BCUT2D eigenvalue weighted by Crippen LogP contribution is -1.88. The highest BCUT2D eigenvalue weighted by molar-refractivity contribution is 7.17. The van der Waals surface area contributed by atoms with Gasteiger partial charge >= 0.3 is 0 Å². The van der Waals surface area contributed by atoms with Gasteiger partial charge in [-0.05, 0) is 0 Å². The predicted molar refractivity (Wildman–Crippen MR) is 67.3 cm³/mol. The second-order valence-electron chi connectivity index (χ2n) is 3.47. The molecule has 0 aliphatic heterocycles. The fourth-order valence-electron chi connectivity index (χ4n) is 1.58. The van der Waals surface area contributed by atoms with Crippen LogP contribution in [0.2, 0.25) is 0 Å². The molecule has 3 nitrogen and oxygen atoms in total. The number of rotatable bonds is 1. The molecular formula is C12H9N3S. The number of nitrogens with two attached hydrogens (primary N) is 1. The van der Waals surface area contributed by atoms with Crippen LogP contribution in [-0.2, 0) is 0 Å². The van der Waals surface area contributed by atoms with Crippen molar-refractivity contribution < 1.29 is 0 Å². The van der Waals surface area contributed by atoms with Crippen molar-refractivity contribution in [3.05, 3.63) is 41.9 Å². The van der Waals surface area contributed by atoms with E-state index in [0.29, 0.717) is 5.69 Å². The second kappa shape index (κ2) is 3.57. The van der Waals surface area contributed by atoms with E-state index in [1.54, 1.807) is 6.20 Å². The standard InChI is InChI=1S/C12H9N3S/c13-9-7-16-12-11(9)14-6-10(15-12)8-4-2-1-3-5-8/h1-7H,13H2. The third kappa shape index (κ3) is 1.44. The van der Waals surface area contributed by atoms with Crippen LogP contribution in [0.3, 0.4) is 0 Å². The molecule has 2 aromatic heterocycles. The maximum Gasteiger partial charge on any atom is 0.144 e. The van der Waals surface area contributed by atoms with Crippen LogP contribution in [0.15, 0.2) is 41.9 Å². The van der Waals surface area contributed by atoms with Gasteiger partial charge in [0.05, 0.1) is 17.6 Å². The fraction of sp³-hybridized carbons (Fsp3) is 0. The first-order chi connectivity index (χ1) is 7.84. The molecule has 0 aliphatic rings. The number of hydrogen-bond donors (Lipinski definition) is 1. The van der Waals surface area contributed by atoms with E-state index in [1.165, 1.54) is 11.3 Å². The molecule has 0 bridgehead atoms. The summed E-state index contributed by atoms with van der Waals surface area (Å²) < 4.78 is 0. The first-order valence-corrected chi connectivity index (χ1v) is 5.78. The van der Waals surface area contributed by atoms with Crippen LogP contribution in [-0.4, -0.2) is 9.97 Å². The molecule has 3 rings (SSSR count). The summed E-state index contributed by atoms with van der Waals surface area (Å²) in [5, 5.41) is 1.87. The predicted octanol–water partition coefficient (Wildman–Crippen LogP) is 2.94.